The number of carboxylic acid groups (broad SMARTS) is 1. The van der Waals surface area contributed by atoms with Crippen molar-refractivity contribution in [2.24, 2.45) is 11.7 Å². The average molecular weight is 250 g/mol. The van der Waals surface area contributed by atoms with Crippen LogP contribution in [0.15, 0.2) is 0 Å². The summed E-state index contributed by atoms with van der Waals surface area (Å²) >= 11 is 0. The molecule has 1 aliphatic rings. The van der Waals surface area contributed by atoms with Crippen LogP contribution in [0.5, 0.6) is 0 Å². The second-order valence-electron chi connectivity index (χ2n) is 4.11. The number of carbonyl (C=O) groups is 1. The van der Waals surface area contributed by atoms with Crippen LogP contribution in [0, 0.1) is 5.92 Å². The highest BCUT2D eigenvalue weighted by atomic mass is 32.2. The Morgan fingerprint density at radius 2 is 2.12 bits per heavy atom. The Balaban J connectivity index is 2.48. The molecule has 7 heteroatoms. The monoisotopic (exact) mass is 250 g/mol. The summed E-state index contributed by atoms with van der Waals surface area (Å²) in [7, 11) is -3.49. The van der Waals surface area contributed by atoms with E-state index in [-0.39, 0.29) is 24.1 Å². The number of hydrogen-bond donors (Lipinski definition) is 3. The molecule has 0 aromatic carbocycles. The van der Waals surface area contributed by atoms with Crippen molar-refractivity contribution in [2.75, 3.05) is 12.3 Å². The van der Waals surface area contributed by atoms with Gasteiger partial charge in [-0.05, 0) is 25.3 Å². The summed E-state index contributed by atoms with van der Waals surface area (Å²) in [5, 5.41) is 8.42. The molecular weight excluding hydrogens is 232 g/mol. The van der Waals surface area contributed by atoms with Gasteiger partial charge in [0, 0.05) is 6.04 Å². The van der Waals surface area contributed by atoms with Crippen molar-refractivity contribution >= 4 is 16.0 Å². The van der Waals surface area contributed by atoms with Gasteiger partial charge in [0.1, 0.15) is 0 Å². The van der Waals surface area contributed by atoms with E-state index in [4.69, 9.17) is 10.8 Å². The fraction of sp³-hybridized carbons (Fsp3) is 0.889. The summed E-state index contributed by atoms with van der Waals surface area (Å²) in [4.78, 5) is 10.3. The van der Waals surface area contributed by atoms with E-state index in [1.807, 2.05) is 0 Å². The van der Waals surface area contributed by atoms with Crippen LogP contribution in [0.4, 0.5) is 0 Å². The molecule has 1 saturated carbocycles. The third-order valence-corrected chi connectivity index (χ3v) is 4.28. The van der Waals surface area contributed by atoms with E-state index in [9.17, 15) is 13.2 Å². The van der Waals surface area contributed by atoms with Gasteiger partial charge in [0.05, 0.1) is 12.2 Å². The second kappa shape index (κ2) is 5.60. The Hall–Kier alpha value is -0.660. The molecule has 0 aromatic rings. The molecule has 16 heavy (non-hydrogen) atoms. The molecule has 4 N–H and O–H groups in total. The Kier molecular flexibility index (Phi) is 4.69. The van der Waals surface area contributed by atoms with E-state index in [2.05, 4.69) is 4.72 Å². The SMILES string of the molecule is NCC1CCCC1NS(=O)(=O)CCC(=O)O. The fourth-order valence-electron chi connectivity index (χ4n) is 1.99. The number of carboxylic acids is 1. The minimum absolute atomic E-state index is 0.121. The number of nitrogens with two attached hydrogens (primary N) is 1. The molecule has 0 heterocycles. The predicted octanol–water partition coefficient (Wildman–Crippen LogP) is -0.492. The fourth-order valence-corrected chi connectivity index (χ4v) is 3.32. The minimum Gasteiger partial charge on any atom is -0.481 e. The van der Waals surface area contributed by atoms with Gasteiger partial charge in [-0.1, -0.05) is 6.42 Å². The summed E-state index contributed by atoms with van der Waals surface area (Å²) in [6, 6.07) is -0.121. The zero-order chi connectivity index (χ0) is 12.2. The molecule has 1 aliphatic carbocycles. The molecule has 0 bridgehead atoms. The second-order valence-corrected chi connectivity index (χ2v) is 5.99. The number of rotatable bonds is 6. The molecule has 1 fully saturated rings. The van der Waals surface area contributed by atoms with Crippen LogP contribution in [-0.2, 0) is 14.8 Å². The lowest BCUT2D eigenvalue weighted by Crippen LogP contribution is -2.41. The number of sulfonamides is 1. The maximum atomic E-state index is 11.5. The number of hydrogen-bond acceptors (Lipinski definition) is 4. The zero-order valence-corrected chi connectivity index (χ0v) is 9.87. The number of aliphatic carboxylic acids is 1. The zero-order valence-electron chi connectivity index (χ0n) is 9.05. The maximum Gasteiger partial charge on any atom is 0.304 e. The molecule has 1 rings (SSSR count). The van der Waals surface area contributed by atoms with E-state index in [1.54, 1.807) is 0 Å². The van der Waals surface area contributed by atoms with E-state index < -0.39 is 16.0 Å². The Morgan fingerprint density at radius 3 is 2.69 bits per heavy atom. The van der Waals surface area contributed by atoms with Crippen LogP contribution in [0.1, 0.15) is 25.7 Å². The molecule has 0 amide bonds. The van der Waals surface area contributed by atoms with Crippen LogP contribution in [0.2, 0.25) is 0 Å². The van der Waals surface area contributed by atoms with Crippen LogP contribution in [0.25, 0.3) is 0 Å². The van der Waals surface area contributed by atoms with Crippen LogP contribution in [0.3, 0.4) is 0 Å². The summed E-state index contributed by atoms with van der Waals surface area (Å²) in [5.41, 5.74) is 5.54. The van der Waals surface area contributed by atoms with Gasteiger partial charge in [-0.25, -0.2) is 13.1 Å². The molecule has 2 unspecified atom stereocenters. The largest absolute Gasteiger partial charge is 0.481 e. The van der Waals surface area contributed by atoms with Gasteiger partial charge in [-0.15, -0.1) is 0 Å². The van der Waals surface area contributed by atoms with Gasteiger partial charge in [-0.3, -0.25) is 4.79 Å². The van der Waals surface area contributed by atoms with Crippen LogP contribution < -0.4 is 10.5 Å². The molecule has 0 radical (unpaired) electrons. The summed E-state index contributed by atoms with van der Waals surface area (Å²) < 4.78 is 25.6. The van der Waals surface area contributed by atoms with Crippen molar-refractivity contribution < 1.29 is 18.3 Å². The van der Waals surface area contributed by atoms with Crippen molar-refractivity contribution in [1.29, 1.82) is 0 Å². The predicted molar refractivity (Wildman–Crippen MR) is 59.4 cm³/mol. The maximum absolute atomic E-state index is 11.5. The van der Waals surface area contributed by atoms with Gasteiger partial charge in [0.15, 0.2) is 0 Å². The Bertz CT molecular complexity index is 341. The molecule has 0 aliphatic heterocycles. The highest BCUT2D eigenvalue weighted by Crippen LogP contribution is 2.25. The molecule has 0 spiro atoms. The Labute approximate surface area is 95.3 Å². The normalized spacial score (nSPS) is 25.8. The number of nitrogens with one attached hydrogen (secondary N) is 1. The van der Waals surface area contributed by atoms with Gasteiger partial charge in [-0.2, -0.15) is 0 Å². The first-order chi connectivity index (χ1) is 7.44. The van der Waals surface area contributed by atoms with Gasteiger partial charge in [0.25, 0.3) is 0 Å². The van der Waals surface area contributed by atoms with E-state index >= 15 is 0 Å². The molecular formula is C9H18N2O4S. The molecule has 94 valence electrons. The third-order valence-electron chi connectivity index (χ3n) is 2.88. The third kappa shape index (κ3) is 4.07. The van der Waals surface area contributed by atoms with E-state index in [0.29, 0.717) is 6.54 Å². The van der Waals surface area contributed by atoms with Crippen molar-refractivity contribution in [3.8, 4) is 0 Å². The summed E-state index contributed by atoms with van der Waals surface area (Å²) in [6.45, 7) is 0.464. The summed E-state index contributed by atoms with van der Waals surface area (Å²) in [5.74, 6) is -1.29. The van der Waals surface area contributed by atoms with Crippen molar-refractivity contribution in [2.45, 2.75) is 31.7 Å². The van der Waals surface area contributed by atoms with Crippen molar-refractivity contribution in [3.63, 3.8) is 0 Å². The quantitative estimate of drug-likeness (QED) is 0.589. The molecule has 0 saturated heterocycles. The average Bonchev–Trinajstić information content (AvgIpc) is 2.61. The lowest BCUT2D eigenvalue weighted by atomic mass is 10.1. The Morgan fingerprint density at radius 1 is 1.44 bits per heavy atom. The molecule has 0 aromatic heterocycles. The topological polar surface area (TPSA) is 109 Å². The van der Waals surface area contributed by atoms with Gasteiger partial charge < -0.3 is 10.8 Å². The first kappa shape index (κ1) is 13.4. The molecule has 2 atom stereocenters. The van der Waals surface area contributed by atoms with Crippen molar-refractivity contribution in [1.82, 2.24) is 4.72 Å². The standard InChI is InChI=1S/C9H18N2O4S/c10-6-7-2-1-3-8(7)11-16(14,15)5-4-9(12)13/h7-8,11H,1-6,10H2,(H,12,13). The van der Waals surface area contributed by atoms with Gasteiger partial charge >= 0.3 is 5.97 Å². The lowest BCUT2D eigenvalue weighted by Gasteiger charge is -2.19. The lowest BCUT2D eigenvalue weighted by molar-refractivity contribution is -0.136. The molecule has 6 nitrogen and oxygen atoms in total. The minimum atomic E-state index is -3.49. The van der Waals surface area contributed by atoms with Crippen LogP contribution in [-0.4, -0.2) is 37.8 Å². The van der Waals surface area contributed by atoms with E-state index in [1.165, 1.54) is 0 Å². The highest BCUT2D eigenvalue weighted by Gasteiger charge is 2.29. The highest BCUT2D eigenvalue weighted by molar-refractivity contribution is 7.89. The smallest absolute Gasteiger partial charge is 0.304 e. The van der Waals surface area contributed by atoms with E-state index in [0.717, 1.165) is 19.3 Å². The summed E-state index contributed by atoms with van der Waals surface area (Å²) in [6.07, 6.45) is 2.32. The van der Waals surface area contributed by atoms with Crippen LogP contribution >= 0.6 is 0 Å². The first-order valence-electron chi connectivity index (χ1n) is 5.36. The van der Waals surface area contributed by atoms with Gasteiger partial charge in [0.2, 0.25) is 10.0 Å². The van der Waals surface area contributed by atoms with Crippen molar-refractivity contribution in [3.05, 3.63) is 0 Å². The first-order valence-corrected chi connectivity index (χ1v) is 7.01.